The predicted molar refractivity (Wildman–Crippen MR) is 81.8 cm³/mol. The Bertz CT molecular complexity index is 503. The summed E-state index contributed by atoms with van der Waals surface area (Å²) >= 11 is 0. The van der Waals surface area contributed by atoms with Crippen LogP contribution in [0, 0.1) is 0 Å². The number of carbonyl (C=O) groups is 2. The van der Waals surface area contributed by atoms with E-state index in [1.807, 2.05) is 31.2 Å². The number of nitrogens with zero attached hydrogens (tertiary/aromatic N) is 1. The second-order valence-electron chi connectivity index (χ2n) is 4.96. The van der Waals surface area contributed by atoms with Gasteiger partial charge in [0, 0.05) is 6.54 Å². The molecule has 6 heteroatoms. The van der Waals surface area contributed by atoms with Gasteiger partial charge in [-0.25, -0.2) is 0 Å². The maximum absolute atomic E-state index is 12.2. The molecule has 0 radical (unpaired) electrons. The van der Waals surface area contributed by atoms with Crippen LogP contribution in [0.25, 0.3) is 0 Å². The third-order valence-corrected chi connectivity index (χ3v) is 3.11. The highest BCUT2D eigenvalue weighted by molar-refractivity contribution is 5.84. The maximum Gasteiger partial charge on any atom is 0.323 e. The Labute approximate surface area is 130 Å². The van der Waals surface area contributed by atoms with E-state index in [0.717, 1.165) is 11.3 Å². The van der Waals surface area contributed by atoms with E-state index in [2.05, 4.69) is 0 Å². The largest absolute Gasteiger partial charge is 0.497 e. The number of hydrogen-bond donors (Lipinski definition) is 1. The Hall–Kier alpha value is -2.08. The lowest BCUT2D eigenvalue weighted by atomic mass is 10.2. The monoisotopic (exact) mass is 309 g/mol. The highest BCUT2D eigenvalue weighted by Crippen LogP contribution is 2.14. The number of hydrogen-bond acceptors (Lipinski definition) is 4. The van der Waals surface area contributed by atoms with Crippen molar-refractivity contribution >= 4 is 11.9 Å². The zero-order valence-corrected chi connectivity index (χ0v) is 13.2. The number of carbonyl (C=O) groups excluding carboxylic acids is 1. The molecule has 1 aromatic rings. The minimum absolute atomic E-state index is 0.261. The van der Waals surface area contributed by atoms with Crippen LogP contribution in [0.3, 0.4) is 0 Å². The third-order valence-electron chi connectivity index (χ3n) is 3.11. The van der Waals surface area contributed by atoms with Crippen molar-refractivity contribution in [1.82, 2.24) is 4.90 Å². The van der Waals surface area contributed by atoms with Crippen LogP contribution in [0.4, 0.5) is 0 Å². The number of rotatable bonds is 9. The van der Waals surface area contributed by atoms with Crippen LogP contribution in [-0.4, -0.2) is 48.2 Å². The van der Waals surface area contributed by atoms with Crippen LogP contribution >= 0.6 is 0 Å². The molecule has 0 saturated heterocycles. The van der Waals surface area contributed by atoms with Crippen molar-refractivity contribution in [2.75, 3.05) is 20.2 Å². The summed E-state index contributed by atoms with van der Waals surface area (Å²) in [6, 6.07) is 7.38. The fraction of sp³-hybridized carbons (Fsp3) is 0.500. The molecule has 1 rings (SSSR count). The molecule has 0 saturated carbocycles. The zero-order chi connectivity index (χ0) is 16.5. The van der Waals surface area contributed by atoms with Crippen molar-refractivity contribution < 1.29 is 24.2 Å². The first kappa shape index (κ1) is 18.0. The van der Waals surface area contributed by atoms with Crippen molar-refractivity contribution in [2.45, 2.75) is 33.0 Å². The second kappa shape index (κ2) is 9.04. The van der Waals surface area contributed by atoms with Gasteiger partial charge in [0.05, 0.1) is 13.7 Å². The minimum Gasteiger partial charge on any atom is -0.497 e. The van der Waals surface area contributed by atoms with E-state index in [0.29, 0.717) is 13.0 Å². The van der Waals surface area contributed by atoms with Gasteiger partial charge in [-0.05, 0) is 31.0 Å². The van der Waals surface area contributed by atoms with E-state index in [-0.39, 0.29) is 19.1 Å². The second-order valence-corrected chi connectivity index (χ2v) is 4.96. The van der Waals surface area contributed by atoms with Gasteiger partial charge in [0.15, 0.2) is 0 Å². The van der Waals surface area contributed by atoms with Crippen LogP contribution in [0.15, 0.2) is 24.3 Å². The van der Waals surface area contributed by atoms with Crippen molar-refractivity contribution in [1.29, 1.82) is 0 Å². The molecule has 1 aromatic carbocycles. The molecule has 0 aliphatic carbocycles. The van der Waals surface area contributed by atoms with Crippen LogP contribution in [-0.2, 0) is 20.9 Å². The van der Waals surface area contributed by atoms with Crippen molar-refractivity contribution in [2.24, 2.45) is 0 Å². The molecule has 0 fully saturated rings. The van der Waals surface area contributed by atoms with Crippen molar-refractivity contribution in [3.63, 3.8) is 0 Å². The zero-order valence-electron chi connectivity index (χ0n) is 13.2. The Kier molecular flexibility index (Phi) is 7.39. The Morgan fingerprint density at radius 2 is 2.09 bits per heavy atom. The summed E-state index contributed by atoms with van der Waals surface area (Å²) in [4.78, 5) is 24.3. The van der Waals surface area contributed by atoms with Crippen LogP contribution < -0.4 is 4.74 Å². The van der Waals surface area contributed by atoms with Gasteiger partial charge >= 0.3 is 5.97 Å². The molecular formula is C16H23NO5. The molecule has 1 N–H and O–H groups in total. The van der Waals surface area contributed by atoms with Gasteiger partial charge in [0.1, 0.15) is 18.4 Å². The summed E-state index contributed by atoms with van der Waals surface area (Å²) in [5, 5.41) is 8.86. The Balaban J connectivity index is 2.59. The summed E-state index contributed by atoms with van der Waals surface area (Å²) in [5.74, 6) is -0.618. The normalized spacial score (nSPS) is 11.8. The molecule has 1 amide bonds. The molecule has 22 heavy (non-hydrogen) atoms. The molecule has 0 spiro atoms. The lowest BCUT2D eigenvalue weighted by Gasteiger charge is -2.23. The molecular weight excluding hydrogens is 286 g/mol. The summed E-state index contributed by atoms with van der Waals surface area (Å²) in [7, 11) is 1.58. The summed E-state index contributed by atoms with van der Waals surface area (Å²) in [6.07, 6.45) is -0.00107. The molecule has 0 aliphatic heterocycles. The summed E-state index contributed by atoms with van der Waals surface area (Å²) < 4.78 is 10.7. The number of amides is 1. The number of methoxy groups -OCH3 is 1. The van der Waals surface area contributed by atoms with Gasteiger partial charge in [-0.15, -0.1) is 0 Å². The quantitative estimate of drug-likeness (QED) is 0.754. The van der Waals surface area contributed by atoms with E-state index < -0.39 is 12.1 Å². The lowest BCUT2D eigenvalue weighted by molar-refractivity contribution is -0.150. The van der Waals surface area contributed by atoms with Gasteiger partial charge in [0.2, 0.25) is 0 Å². The fourth-order valence-electron chi connectivity index (χ4n) is 2.01. The van der Waals surface area contributed by atoms with Crippen molar-refractivity contribution in [3.8, 4) is 5.75 Å². The highest BCUT2D eigenvalue weighted by Gasteiger charge is 2.22. The summed E-state index contributed by atoms with van der Waals surface area (Å²) in [5.41, 5.74) is 0.888. The molecule has 0 aliphatic rings. The van der Waals surface area contributed by atoms with Gasteiger partial charge < -0.3 is 19.5 Å². The maximum atomic E-state index is 12.2. The Morgan fingerprint density at radius 1 is 1.36 bits per heavy atom. The molecule has 0 aromatic heterocycles. The average molecular weight is 309 g/mol. The van der Waals surface area contributed by atoms with Crippen molar-refractivity contribution in [3.05, 3.63) is 29.8 Å². The van der Waals surface area contributed by atoms with Gasteiger partial charge in [-0.3, -0.25) is 9.59 Å². The lowest BCUT2D eigenvalue weighted by Crippen LogP contribution is -2.42. The van der Waals surface area contributed by atoms with Gasteiger partial charge in [0.25, 0.3) is 5.91 Å². The molecule has 1 atom stereocenters. The first-order chi connectivity index (χ1) is 10.5. The first-order valence-corrected chi connectivity index (χ1v) is 7.23. The van der Waals surface area contributed by atoms with E-state index in [1.165, 1.54) is 4.90 Å². The van der Waals surface area contributed by atoms with E-state index in [1.54, 1.807) is 14.0 Å². The molecule has 6 nitrogen and oxygen atoms in total. The number of aliphatic carboxylic acids is 1. The standard InChI is InChI=1S/C16H23NO5/c1-4-8-17(10-15(18)19)16(20)12(2)22-11-13-6-5-7-14(9-13)21-3/h5-7,9,12H,4,8,10-11H2,1-3H3,(H,18,19)/t12-/m1/s1. The molecule has 0 bridgehead atoms. The van der Waals surface area contributed by atoms with Crippen LogP contribution in [0.2, 0.25) is 0 Å². The van der Waals surface area contributed by atoms with E-state index in [4.69, 9.17) is 14.6 Å². The topological polar surface area (TPSA) is 76.1 Å². The average Bonchev–Trinajstić information content (AvgIpc) is 2.51. The third kappa shape index (κ3) is 5.73. The van der Waals surface area contributed by atoms with Gasteiger partial charge in [-0.2, -0.15) is 0 Å². The van der Waals surface area contributed by atoms with E-state index >= 15 is 0 Å². The predicted octanol–water partition coefficient (Wildman–Crippen LogP) is 1.92. The number of carboxylic acids is 1. The van der Waals surface area contributed by atoms with Crippen LogP contribution in [0.5, 0.6) is 5.75 Å². The number of carboxylic acid groups (broad SMARTS) is 1. The van der Waals surface area contributed by atoms with Gasteiger partial charge in [-0.1, -0.05) is 19.1 Å². The molecule has 0 heterocycles. The van der Waals surface area contributed by atoms with E-state index in [9.17, 15) is 9.59 Å². The summed E-state index contributed by atoms with van der Waals surface area (Å²) in [6.45, 7) is 3.88. The first-order valence-electron chi connectivity index (χ1n) is 7.23. The minimum atomic E-state index is -1.03. The molecule has 122 valence electrons. The SMILES string of the molecule is CCCN(CC(=O)O)C(=O)[C@@H](C)OCc1cccc(OC)c1. The molecule has 0 unspecified atom stereocenters. The number of ether oxygens (including phenoxy) is 2. The number of benzene rings is 1. The van der Waals surface area contributed by atoms with Crippen LogP contribution in [0.1, 0.15) is 25.8 Å². The highest BCUT2D eigenvalue weighted by atomic mass is 16.5. The fourth-order valence-corrected chi connectivity index (χ4v) is 2.01. The smallest absolute Gasteiger partial charge is 0.323 e. The Morgan fingerprint density at radius 3 is 2.68 bits per heavy atom.